The molecule has 3 aromatic rings. The number of hydrogen-bond donors (Lipinski definition) is 0. The van der Waals surface area contributed by atoms with E-state index >= 15 is 0 Å². The van der Waals surface area contributed by atoms with Crippen molar-refractivity contribution >= 4 is 43.7 Å². The van der Waals surface area contributed by atoms with E-state index in [-0.39, 0.29) is 0 Å². The van der Waals surface area contributed by atoms with Gasteiger partial charge in [-0.05, 0) is 36.6 Å². The molecule has 0 radical (unpaired) electrons. The summed E-state index contributed by atoms with van der Waals surface area (Å²) in [5, 5.41) is 9.78. The lowest BCUT2D eigenvalue weighted by Gasteiger charge is -2.00. The molecule has 0 spiro atoms. The van der Waals surface area contributed by atoms with Gasteiger partial charge in [0.15, 0.2) is 0 Å². The van der Waals surface area contributed by atoms with Crippen LogP contribution in [0, 0.1) is 11.3 Å². The van der Waals surface area contributed by atoms with Crippen molar-refractivity contribution < 1.29 is 0 Å². The summed E-state index contributed by atoms with van der Waals surface area (Å²) >= 11 is 10.2. The van der Waals surface area contributed by atoms with E-state index < -0.39 is 0 Å². The van der Waals surface area contributed by atoms with E-state index in [2.05, 4.69) is 19.1 Å². The molecule has 0 fully saturated rings. The van der Waals surface area contributed by atoms with Crippen LogP contribution in [-0.2, 0) is 6.42 Å². The van der Waals surface area contributed by atoms with Crippen molar-refractivity contribution in [2.45, 2.75) is 45.4 Å². The van der Waals surface area contributed by atoms with Gasteiger partial charge in [-0.2, -0.15) is 5.26 Å². The topological polar surface area (TPSA) is 23.8 Å². The summed E-state index contributed by atoms with van der Waals surface area (Å²) in [6, 6.07) is 12.1. The van der Waals surface area contributed by atoms with Crippen LogP contribution in [0.5, 0.6) is 0 Å². The summed E-state index contributed by atoms with van der Waals surface area (Å²) in [5.41, 5.74) is 1.77. The van der Waals surface area contributed by atoms with Gasteiger partial charge in [0.1, 0.15) is 0 Å². The minimum atomic E-state index is 0.679. The van der Waals surface area contributed by atoms with Crippen LogP contribution >= 0.6 is 34.3 Å². The number of aryl methyl sites for hydroxylation is 1. The third-order valence-electron chi connectivity index (χ3n) is 4.16. The molecule has 2 heterocycles. The standard InChI is InChI=1S/C20H20ClNS2/c1-2-3-4-5-6-7-16-12-17-20(23-16)18(21)19(24-17)15-10-8-14(13-22)9-11-15/h8-12H,2-7H2,1H3. The Balaban J connectivity index is 1.74. The fourth-order valence-corrected chi connectivity index (χ4v) is 5.80. The Morgan fingerprint density at radius 2 is 1.79 bits per heavy atom. The van der Waals surface area contributed by atoms with Crippen LogP contribution in [-0.4, -0.2) is 0 Å². The van der Waals surface area contributed by atoms with Crippen molar-refractivity contribution in [2.75, 3.05) is 0 Å². The Morgan fingerprint density at radius 1 is 1.04 bits per heavy atom. The van der Waals surface area contributed by atoms with Gasteiger partial charge in [-0.3, -0.25) is 0 Å². The van der Waals surface area contributed by atoms with Crippen LogP contribution < -0.4 is 0 Å². The molecule has 4 heteroatoms. The number of thiophene rings is 2. The Labute approximate surface area is 156 Å². The van der Waals surface area contributed by atoms with Crippen molar-refractivity contribution in [1.82, 2.24) is 0 Å². The van der Waals surface area contributed by atoms with Gasteiger partial charge in [-0.1, -0.05) is 56.3 Å². The van der Waals surface area contributed by atoms with Gasteiger partial charge in [-0.25, -0.2) is 0 Å². The van der Waals surface area contributed by atoms with E-state index in [1.807, 2.05) is 35.6 Å². The quantitative estimate of drug-likeness (QED) is 0.390. The molecule has 3 rings (SSSR count). The van der Waals surface area contributed by atoms with Gasteiger partial charge in [0.25, 0.3) is 0 Å². The van der Waals surface area contributed by atoms with Crippen molar-refractivity contribution in [2.24, 2.45) is 0 Å². The third kappa shape index (κ3) is 3.83. The number of halogens is 1. The second kappa shape index (κ2) is 8.16. The average Bonchev–Trinajstić information content (AvgIpc) is 3.14. The molecule has 1 nitrogen and oxygen atoms in total. The van der Waals surface area contributed by atoms with Crippen molar-refractivity contribution in [3.8, 4) is 16.5 Å². The maximum atomic E-state index is 8.91. The summed E-state index contributed by atoms with van der Waals surface area (Å²) in [6.07, 6.45) is 7.75. The van der Waals surface area contributed by atoms with Gasteiger partial charge >= 0.3 is 0 Å². The predicted octanol–water partition coefficient (Wildman–Crippen LogP) is 7.67. The molecule has 24 heavy (non-hydrogen) atoms. The first-order valence-corrected chi connectivity index (χ1v) is 10.4. The lowest BCUT2D eigenvalue weighted by atomic mass is 10.1. The molecule has 1 aromatic carbocycles. The number of rotatable bonds is 7. The van der Waals surface area contributed by atoms with Gasteiger partial charge < -0.3 is 0 Å². The second-order valence-electron chi connectivity index (χ2n) is 6.00. The molecular formula is C20H20ClNS2. The van der Waals surface area contributed by atoms with Gasteiger partial charge in [0.2, 0.25) is 0 Å². The van der Waals surface area contributed by atoms with Crippen LogP contribution in [0.2, 0.25) is 5.02 Å². The zero-order valence-electron chi connectivity index (χ0n) is 13.8. The molecule has 0 amide bonds. The fourth-order valence-electron chi connectivity index (χ4n) is 2.82. The SMILES string of the molecule is CCCCCCCc1cc2sc(-c3ccc(C#N)cc3)c(Cl)c2s1. The molecule has 0 aliphatic heterocycles. The van der Waals surface area contributed by atoms with E-state index in [1.54, 1.807) is 11.3 Å². The van der Waals surface area contributed by atoms with Crippen molar-refractivity contribution in [1.29, 1.82) is 5.26 Å². The first-order valence-electron chi connectivity index (χ1n) is 8.44. The second-order valence-corrected chi connectivity index (χ2v) is 8.57. The first-order chi connectivity index (χ1) is 11.7. The highest BCUT2D eigenvalue weighted by Gasteiger charge is 2.15. The minimum Gasteiger partial charge on any atom is -0.192 e. The van der Waals surface area contributed by atoms with E-state index in [1.165, 1.54) is 46.4 Å². The van der Waals surface area contributed by atoms with E-state index in [4.69, 9.17) is 16.9 Å². The van der Waals surface area contributed by atoms with Crippen LogP contribution in [0.1, 0.15) is 49.5 Å². The molecule has 0 N–H and O–H groups in total. The largest absolute Gasteiger partial charge is 0.192 e. The third-order valence-corrected chi connectivity index (χ3v) is 7.29. The molecule has 0 unspecified atom stereocenters. The minimum absolute atomic E-state index is 0.679. The average molecular weight is 374 g/mol. The molecule has 0 saturated carbocycles. The highest BCUT2D eigenvalue weighted by molar-refractivity contribution is 7.30. The summed E-state index contributed by atoms with van der Waals surface area (Å²) in [5.74, 6) is 0. The molecule has 0 aliphatic rings. The number of benzene rings is 1. The molecule has 0 saturated heterocycles. The normalized spacial score (nSPS) is 11.0. The zero-order chi connectivity index (χ0) is 16.9. The molecule has 0 aliphatic carbocycles. The maximum absolute atomic E-state index is 8.91. The first kappa shape index (κ1) is 17.5. The Morgan fingerprint density at radius 3 is 2.46 bits per heavy atom. The van der Waals surface area contributed by atoms with Crippen LogP contribution in [0.3, 0.4) is 0 Å². The number of unbranched alkanes of at least 4 members (excludes halogenated alkanes) is 4. The highest BCUT2D eigenvalue weighted by atomic mass is 35.5. The smallest absolute Gasteiger partial charge is 0.0991 e. The number of fused-ring (bicyclic) bond motifs is 1. The van der Waals surface area contributed by atoms with E-state index in [0.29, 0.717) is 5.56 Å². The molecule has 124 valence electrons. The molecular weight excluding hydrogens is 354 g/mol. The van der Waals surface area contributed by atoms with Crippen LogP contribution in [0.15, 0.2) is 30.3 Å². The van der Waals surface area contributed by atoms with Crippen molar-refractivity contribution in [3.05, 3.63) is 45.8 Å². The lowest BCUT2D eigenvalue weighted by molar-refractivity contribution is 0.634. The Kier molecular flexibility index (Phi) is 5.94. The summed E-state index contributed by atoms with van der Waals surface area (Å²) < 4.78 is 2.50. The van der Waals surface area contributed by atoms with E-state index in [0.717, 1.165) is 21.9 Å². The Hall–Kier alpha value is -1.34. The lowest BCUT2D eigenvalue weighted by Crippen LogP contribution is -1.81. The molecule has 0 atom stereocenters. The van der Waals surface area contributed by atoms with Crippen LogP contribution in [0.4, 0.5) is 0 Å². The Bertz CT molecular complexity index is 852. The van der Waals surface area contributed by atoms with Gasteiger partial charge in [-0.15, -0.1) is 22.7 Å². The van der Waals surface area contributed by atoms with E-state index in [9.17, 15) is 0 Å². The van der Waals surface area contributed by atoms with Gasteiger partial charge in [0.05, 0.1) is 26.2 Å². The van der Waals surface area contributed by atoms with Gasteiger partial charge in [0, 0.05) is 9.58 Å². The number of hydrogen-bond acceptors (Lipinski definition) is 3. The fraction of sp³-hybridized carbons (Fsp3) is 0.350. The summed E-state index contributed by atoms with van der Waals surface area (Å²) in [6.45, 7) is 2.25. The zero-order valence-corrected chi connectivity index (χ0v) is 16.2. The van der Waals surface area contributed by atoms with Crippen molar-refractivity contribution in [3.63, 3.8) is 0 Å². The summed E-state index contributed by atoms with van der Waals surface area (Å²) in [7, 11) is 0. The molecule has 0 bridgehead atoms. The number of nitrogens with zero attached hydrogens (tertiary/aromatic N) is 1. The molecule has 2 aromatic heterocycles. The monoisotopic (exact) mass is 373 g/mol. The predicted molar refractivity (Wildman–Crippen MR) is 107 cm³/mol. The maximum Gasteiger partial charge on any atom is 0.0991 e. The summed E-state index contributed by atoms with van der Waals surface area (Å²) in [4.78, 5) is 2.55. The number of nitriles is 1. The van der Waals surface area contributed by atoms with Crippen LogP contribution in [0.25, 0.3) is 19.8 Å². The highest BCUT2D eigenvalue weighted by Crippen LogP contribution is 2.46.